The molecule has 0 aromatic carbocycles. The van der Waals surface area contributed by atoms with Crippen molar-refractivity contribution in [3.05, 3.63) is 24.4 Å². The van der Waals surface area contributed by atoms with E-state index < -0.39 is 63.9 Å². The second kappa shape index (κ2) is 9.05. The summed E-state index contributed by atoms with van der Waals surface area (Å²) in [6.45, 7) is -1.23. The second-order valence-electron chi connectivity index (χ2n) is 6.10. The molecule has 0 saturated carbocycles. The van der Waals surface area contributed by atoms with E-state index >= 15 is 0 Å². The van der Waals surface area contributed by atoms with Crippen LogP contribution in [0.25, 0.3) is 0 Å². The number of amides is 2. The highest BCUT2D eigenvalue weighted by Crippen LogP contribution is 2.23. The lowest BCUT2D eigenvalue weighted by atomic mass is 10.0. The van der Waals surface area contributed by atoms with Crippen molar-refractivity contribution in [1.82, 2.24) is 14.6 Å². The number of aromatic nitrogens is 1. The molecule has 148 valence electrons. The molecule has 2 rings (SSSR count). The van der Waals surface area contributed by atoms with Crippen LogP contribution in [0.5, 0.6) is 0 Å². The van der Waals surface area contributed by atoms with Gasteiger partial charge in [-0.1, -0.05) is 13.0 Å². The lowest BCUT2D eigenvalue weighted by Crippen LogP contribution is -2.49. The zero-order chi connectivity index (χ0) is 22.7. The molecule has 0 spiro atoms. The van der Waals surface area contributed by atoms with Crippen LogP contribution in [0.4, 0.5) is 0 Å². The molecule has 1 aromatic heterocycles. The first-order valence-electron chi connectivity index (χ1n) is 9.92. The van der Waals surface area contributed by atoms with Crippen molar-refractivity contribution in [3.63, 3.8) is 0 Å². The highest BCUT2D eigenvalue weighted by molar-refractivity contribution is 7.89. The number of primary amides is 1. The lowest BCUT2D eigenvalue weighted by molar-refractivity contribution is -0.134. The molecule has 0 bridgehead atoms. The van der Waals surface area contributed by atoms with Gasteiger partial charge in [-0.25, -0.2) is 9.29 Å². The van der Waals surface area contributed by atoms with E-state index in [9.17, 15) is 22.8 Å². The Morgan fingerprint density at radius 3 is 2.89 bits per heavy atom. The smallest absolute Gasteiger partial charge is 0.284 e. The Morgan fingerprint density at radius 1 is 1.52 bits per heavy atom. The Bertz CT molecular complexity index is 929. The summed E-state index contributed by atoms with van der Waals surface area (Å²) in [5.74, 6) is -3.94. The van der Waals surface area contributed by atoms with Crippen molar-refractivity contribution in [3.8, 4) is 0 Å². The normalized spacial score (nSPS) is 25.4. The molecule has 2 heterocycles. The zero-order valence-electron chi connectivity index (χ0n) is 17.8. The van der Waals surface area contributed by atoms with Gasteiger partial charge >= 0.3 is 0 Å². The molecular formula is C17H24N4O5S. The van der Waals surface area contributed by atoms with Crippen molar-refractivity contribution >= 4 is 27.6 Å². The molecule has 0 radical (unpaired) electrons. The van der Waals surface area contributed by atoms with Gasteiger partial charge in [-0.15, -0.1) is 0 Å². The summed E-state index contributed by atoms with van der Waals surface area (Å²) in [5, 5.41) is 1.77. The average molecular weight is 399 g/mol. The van der Waals surface area contributed by atoms with Gasteiger partial charge in [0.15, 0.2) is 10.8 Å². The number of nitrogens with zero attached hydrogens (tertiary/aromatic N) is 2. The van der Waals surface area contributed by atoms with E-state index in [1.807, 2.05) is 0 Å². The standard InChI is InChI=1S/C17H24N4O5S/c1-12(17(18)24)7-8-16(23)21(13-5-4-9-19-11-14(13)22)27(25,26)15-6-2-3-10-20-15/h2-3,6,10,12-13,19H,4-5,7-9,11H2,1H3,(H2,18,24)/t12?,13-/m0/s1/i11D2,13D. The van der Waals surface area contributed by atoms with Crippen LogP contribution in [-0.4, -0.2) is 54.4 Å². The van der Waals surface area contributed by atoms with Crippen LogP contribution < -0.4 is 11.1 Å². The van der Waals surface area contributed by atoms with E-state index in [2.05, 4.69) is 10.3 Å². The van der Waals surface area contributed by atoms with Crippen LogP contribution in [0.3, 0.4) is 0 Å². The SMILES string of the molecule is [2H]C1([2H])NCCC[C@]([2H])(N(C(=O)CCC(C)C(N)=O)S(=O)(=O)c2ccccn2)C1=O. The van der Waals surface area contributed by atoms with E-state index in [1.165, 1.54) is 25.3 Å². The molecule has 2 atom stereocenters. The fourth-order valence-corrected chi connectivity index (χ4v) is 3.93. The van der Waals surface area contributed by atoms with Crippen molar-refractivity contribution in [2.45, 2.75) is 43.7 Å². The fraction of sp³-hybridized carbons (Fsp3) is 0.529. The predicted molar refractivity (Wildman–Crippen MR) is 96.8 cm³/mol. The highest BCUT2D eigenvalue weighted by atomic mass is 32.2. The molecule has 9 nitrogen and oxygen atoms in total. The third-order valence-corrected chi connectivity index (χ3v) is 5.75. The fourth-order valence-electron chi connectivity index (χ4n) is 2.47. The number of carbonyl (C=O) groups excluding carboxylic acids is 3. The molecular weight excluding hydrogens is 372 g/mol. The number of nitrogens with two attached hydrogens (primary N) is 1. The first-order chi connectivity index (χ1) is 13.8. The first-order valence-corrected chi connectivity index (χ1v) is 9.86. The van der Waals surface area contributed by atoms with Gasteiger partial charge in [0.05, 0.1) is 10.6 Å². The number of ketones is 1. The summed E-state index contributed by atoms with van der Waals surface area (Å²) in [5.41, 5.74) is 5.18. The first kappa shape index (κ1) is 16.8. The minimum atomic E-state index is -4.77. The molecule has 2 amide bonds. The maximum Gasteiger partial charge on any atom is 0.284 e. The number of Topliss-reactive ketones (excluding diaryl/α,β-unsaturated/α-hetero) is 1. The highest BCUT2D eigenvalue weighted by Gasteiger charge is 2.40. The van der Waals surface area contributed by atoms with Gasteiger partial charge in [0, 0.05) is 18.5 Å². The van der Waals surface area contributed by atoms with E-state index in [0.717, 1.165) is 6.07 Å². The van der Waals surface area contributed by atoms with Crippen LogP contribution >= 0.6 is 0 Å². The van der Waals surface area contributed by atoms with Crippen LogP contribution in [0, 0.1) is 5.92 Å². The lowest BCUT2D eigenvalue weighted by Gasteiger charge is -2.29. The number of carbonyl (C=O) groups is 3. The maximum absolute atomic E-state index is 13.3. The van der Waals surface area contributed by atoms with Gasteiger partial charge < -0.3 is 11.1 Å². The summed E-state index contributed by atoms with van der Waals surface area (Å²) in [7, 11) is -4.77. The quantitative estimate of drug-likeness (QED) is 0.648. The third kappa shape index (κ3) is 5.10. The summed E-state index contributed by atoms with van der Waals surface area (Å²) in [6.07, 6.45) is 0.269. The Kier molecular flexibility index (Phi) is 5.63. The number of pyridine rings is 1. The van der Waals surface area contributed by atoms with Crippen molar-refractivity contribution in [1.29, 1.82) is 0 Å². The number of hydrogen-bond acceptors (Lipinski definition) is 7. The van der Waals surface area contributed by atoms with E-state index in [-0.39, 0.29) is 23.7 Å². The number of nitrogens with one attached hydrogen (secondary N) is 1. The van der Waals surface area contributed by atoms with Crippen LogP contribution in [0.1, 0.15) is 36.7 Å². The molecule has 1 fully saturated rings. The zero-order valence-corrected chi connectivity index (χ0v) is 15.7. The van der Waals surface area contributed by atoms with Gasteiger partial charge in [0.2, 0.25) is 11.8 Å². The van der Waals surface area contributed by atoms with E-state index in [4.69, 9.17) is 9.85 Å². The van der Waals surface area contributed by atoms with E-state index in [1.54, 1.807) is 0 Å². The minimum absolute atomic E-state index is 0.0176. The molecule has 0 aliphatic carbocycles. The maximum atomic E-state index is 13.3. The summed E-state index contributed by atoms with van der Waals surface area (Å²) in [6, 6.07) is 1.20. The van der Waals surface area contributed by atoms with Crippen LogP contribution in [0.2, 0.25) is 0 Å². The molecule has 1 unspecified atom stereocenters. The minimum Gasteiger partial charge on any atom is -0.369 e. The van der Waals surface area contributed by atoms with Crippen molar-refractivity contribution in [2.24, 2.45) is 11.7 Å². The van der Waals surface area contributed by atoms with Gasteiger partial charge in [0.25, 0.3) is 10.0 Å². The number of sulfonamides is 1. The van der Waals surface area contributed by atoms with Gasteiger partial charge in [0.1, 0.15) is 6.02 Å². The Morgan fingerprint density at radius 2 is 2.26 bits per heavy atom. The molecule has 1 aliphatic heterocycles. The predicted octanol–water partition coefficient (Wildman–Crippen LogP) is -0.178. The monoisotopic (exact) mass is 399 g/mol. The summed E-state index contributed by atoms with van der Waals surface area (Å²) in [4.78, 5) is 40.9. The van der Waals surface area contributed by atoms with Crippen molar-refractivity contribution < 1.29 is 26.9 Å². The molecule has 1 saturated heterocycles. The molecule has 1 aromatic rings. The third-order valence-electron chi connectivity index (χ3n) is 4.07. The van der Waals surface area contributed by atoms with Crippen LogP contribution in [-0.2, 0) is 24.4 Å². The Labute approximate surface area is 162 Å². The molecule has 10 heteroatoms. The molecule has 27 heavy (non-hydrogen) atoms. The topological polar surface area (TPSA) is 140 Å². The van der Waals surface area contributed by atoms with Gasteiger partial charge in [-0.05, 0) is 37.9 Å². The molecule has 1 aliphatic rings. The second-order valence-corrected chi connectivity index (χ2v) is 7.84. The largest absolute Gasteiger partial charge is 0.369 e. The average Bonchev–Trinajstić information content (AvgIpc) is 2.78. The number of hydrogen-bond donors (Lipinski definition) is 2. The Hall–Kier alpha value is -2.33. The summed E-state index contributed by atoms with van der Waals surface area (Å²) < 4.78 is 51.0. The van der Waals surface area contributed by atoms with Gasteiger partial charge in [-0.3, -0.25) is 14.4 Å². The van der Waals surface area contributed by atoms with Crippen LogP contribution in [0.15, 0.2) is 29.4 Å². The molecule has 3 N–H and O–H groups in total. The number of rotatable bonds is 7. The van der Waals surface area contributed by atoms with Crippen molar-refractivity contribution in [2.75, 3.05) is 13.0 Å². The van der Waals surface area contributed by atoms with Gasteiger partial charge in [-0.2, -0.15) is 8.42 Å². The summed E-state index contributed by atoms with van der Waals surface area (Å²) >= 11 is 0. The van der Waals surface area contributed by atoms with E-state index in [0.29, 0.717) is 0 Å². The Balaban J connectivity index is 2.57.